The number of ether oxygens (including phenoxy) is 2. The van der Waals surface area contributed by atoms with Gasteiger partial charge in [-0.2, -0.15) is 0 Å². The van der Waals surface area contributed by atoms with E-state index in [1.807, 2.05) is 19.9 Å². The monoisotopic (exact) mass is 450 g/mol. The maximum atomic E-state index is 12.5. The predicted molar refractivity (Wildman–Crippen MR) is 123 cm³/mol. The number of urea groups is 1. The molecule has 0 bridgehead atoms. The molecule has 1 aromatic carbocycles. The summed E-state index contributed by atoms with van der Waals surface area (Å²) in [6, 6.07) is 4.34. The molecule has 1 aliphatic heterocycles. The third kappa shape index (κ3) is 7.17. The standard InChI is InChI=1S/C24H35ClN2O4/c1-5-6-7-8-9-10-11-14-31-19-13-12-17(15-18(19)25)22-20(23(28)30-4)21(16(2)3)26-24(29)27-22/h12-13,15-16,22H,5-11,14H2,1-4H3,(H2,26,27,29). The minimum Gasteiger partial charge on any atom is -0.492 e. The molecule has 0 saturated heterocycles. The lowest BCUT2D eigenvalue weighted by Gasteiger charge is -2.31. The molecule has 7 heteroatoms. The van der Waals surface area contributed by atoms with E-state index in [4.69, 9.17) is 21.1 Å². The number of hydrogen-bond acceptors (Lipinski definition) is 4. The Bertz CT molecular complexity index is 792. The number of carbonyl (C=O) groups excluding carboxylic acids is 2. The summed E-state index contributed by atoms with van der Waals surface area (Å²) in [6.07, 6.45) is 8.51. The molecule has 1 atom stereocenters. The molecule has 1 unspecified atom stereocenters. The van der Waals surface area contributed by atoms with Crippen LogP contribution in [0.1, 0.15) is 77.3 Å². The molecule has 0 radical (unpaired) electrons. The Morgan fingerprint density at radius 2 is 1.81 bits per heavy atom. The average Bonchev–Trinajstić information content (AvgIpc) is 2.75. The molecule has 0 saturated carbocycles. The van der Waals surface area contributed by atoms with Gasteiger partial charge in [0.15, 0.2) is 0 Å². The van der Waals surface area contributed by atoms with Crippen LogP contribution in [0.2, 0.25) is 5.02 Å². The molecular formula is C24H35ClN2O4. The summed E-state index contributed by atoms with van der Waals surface area (Å²) in [6.45, 7) is 6.66. The van der Waals surface area contributed by atoms with E-state index in [9.17, 15) is 9.59 Å². The van der Waals surface area contributed by atoms with Gasteiger partial charge in [-0.15, -0.1) is 0 Å². The van der Waals surface area contributed by atoms with Gasteiger partial charge in [-0.25, -0.2) is 9.59 Å². The number of amides is 2. The molecule has 6 nitrogen and oxygen atoms in total. The largest absolute Gasteiger partial charge is 0.492 e. The molecule has 0 aromatic heterocycles. The molecule has 0 spiro atoms. The minimum atomic E-state index is -0.645. The summed E-state index contributed by atoms with van der Waals surface area (Å²) in [7, 11) is 1.33. The van der Waals surface area contributed by atoms with Crippen molar-refractivity contribution in [2.75, 3.05) is 13.7 Å². The van der Waals surface area contributed by atoms with Crippen LogP contribution in [0.4, 0.5) is 4.79 Å². The van der Waals surface area contributed by atoms with E-state index in [0.29, 0.717) is 34.2 Å². The average molecular weight is 451 g/mol. The summed E-state index contributed by atoms with van der Waals surface area (Å²) < 4.78 is 10.8. The maximum Gasteiger partial charge on any atom is 0.337 e. The van der Waals surface area contributed by atoms with Crippen LogP contribution in [0, 0.1) is 5.92 Å². The molecular weight excluding hydrogens is 416 g/mol. The lowest BCUT2D eigenvalue weighted by Crippen LogP contribution is -2.47. The van der Waals surface area contributed by atoms with Crippen molar-refractivity contribution in [3.8, 4) is 5.75 Å². The molecule has 1 aromatic rings. The fourth-order valence-corrected chi connectivity index (χ4v) is 3.93. The highest BCUT2D eigenvalue weighted by atomic mass is 35.5. The van der Waals surface area contributed by atoms with Gasteiger partial charge in [-0.3, -0.25) is 0 Å². The van der Waals surface area contributed by atoms with Crippen LogP contribution in [-0.2, 0) is 9.53 Å². The summed E-state index contributed by atoms with van der Waals surface area (Å²) >= 11 is 6.46. The zero-order chi connectivity index (χ0) is 22.8. The second-order valence-corrected chi connectivity index (χ2v) is 8.57. The zero-order valence-electron chi connectivity index (χ0n) is 19.1. The maximum absolute atomic E-state index is 12.5. The van der Waals surface area contributed by atoms with Crippen LogP contribution >= 0.6 is 11.6 Å². The molecule has 2 rings (SSSR count). The van der Waals surface area contributed by atoms with Gasteiger partial charge >= 0.3 is 12.0 Å². The van der Waals surface area contributed by atoms with E-state index in [0.717, 1.165) is 12.8 Å². The van der Waals surface area contributed by atoms with Crippen molar-refractivity contribution in [3.63, 3.8) is 0 Å². The van der Waals surface area contributed by atoms with Crippen molar-refractivity contribution in [2.24, 2.45) is 5.92 Å². The van der Waals surface area contributed by atoms with Gasteiger partial charge in [0.05, 0.1) is 30.4 Å². The number of benzene rings is 1. The molecule has 1 heterocycles. The normalized spacial score (nSPS) is 16.2. The van der Waals surface area contributed by atoms with Gasteiger partial charge in [0.2, 0.25) is 0 Å². The van der Waals surface area contributed by atoms with Gasteiger partial charge in [-0.05, 0) is 30.0 Å². The summed E-state index contributed by atoms with van der Waals surface area (Å²) in [4.78, 5) is 24.7. The van der Waals surface area contributed by atoms with Crippen molar-refractivity contribution >= 4 is 23.6 Å². The van der Waals surface area contributed by atoms with Gasteiger partial charge in [-0.1, -0.05) is 77.0 Å². The minimum absolute atomic E-state index is 0.0531. The topological polar surface area (TPSA) is 76.7 Å². The number of halogens is 1. The Labute approximate surface area is 190 Å². The van der Waals surface area contributed by atoms with Crippen LogP contribution in [0.3, 0.4) is 0 Å². The number of unbranched alkanes of at least 4 members (excludes halogenated alkanes) is 6. The Morgan fingerprint density at radius 3 is 2.42 bits per heavy atom. The second-order valence-electron chi connectivity index (χ2n) is 8.16. The number of hydrogen-bond donors (Lipinski definition) is 2. The fraction of sp³-hybridized carbons (Fsp3) is 0.583. The van der Waals surface area contributed by atoms with Crippen LogP contribution in [0.25, 0.3) is 0 Å². The summed E-state index contributed by atoms with van der Waals surface area (Å²) in [5.74, 6) is 0.0589. The highest BCUT2D eigenvalue weighted by Gasteiger charge is 2.34. The van der Waals surface area contributed by atoms with Crippen LogP contribution in [0.15, 0.2) is 29.5 Å². The molecule has 31 heavy (non-hydrogen) atoms. The molecule has 2 amide bonds. The molecule has 0 fully saturated rings. The first-order chi connectivity index (χ1) is 14.9. The SMILES string of the molecule is CCCCCCCCCOc1ccc(C2NC(=O)NC(C(C)C)=C2C(=O)OC)cc1Cl. The van der Waals surface area contributed by atoms with Gasteiger partial charge in [0.1, 0.15) is 5.75 Å². The van der Waals surface area contributed by atoms with Crippen molar-refractivity contribution in [2.45, 2.75) is 71.8 Å². The third-order valence-corrected chi connectivity index (χ3v) is 5.68. The quantitative estimate of drug-likeness (QED) is 0.306. The number of allylic oxidation sites excluding steroid dienone is 1. The molecule has 2 N–H and O–H groups in total. The first kappa shape index (κ1) is 25.1. The second kappa shape index (κ2) is 12.6. The van der Waals surface area contributed by atoms with Crippen LogP contribution in [0.5, 0.6) is 5.75 Å². The first-order valence-electron chi connectivity index (χ1n) is 11.2. The molecule has 1 aliphatic rings. The fourth-order valence-electron chi connectivity index (χ4n) is 3.68. The zero-order valence-corrected chi connectivity index (χ0v) is 19.8. The lowest BCUT2D eigenvalue weighted by atomic mass is 9.91. The Kier molecular flexibility index (Phi) is 10.2. The lowest BCUT2D eigenvalue weighted by molar-refractivity contribution is -0.136. The smallest absolute Gasteiger partial charge is 0.337 e. The van der Waals surface area contributed by atoms with Crippen molar-refractivity contribution in [1.82, 2.24) is 10.6 Å². The van der Waals surface area contributed by atoms with Crippen LogP contribution in [-0.4, -0.2) is 25.7 Å². The van der Waals surface area contributed by atoms with E-state index < -0.39 is 12.0 Å². The third-order valence-electron chi connectivity index (χ3n) is 5.38. The van der Waals surface area contributed by atoms with E-state index in [-0.39, 0.29) is 11.9 Å². The van der Waals surface area contributed by atoms with E-state index in [2.05, 4.69) is 17.6 Å². The number of rotatable bonds is 12. The van der Waals surface area contributed by atoms with Gasteiger partial charge in [0.25, 0.3) is 0 Å². The number of carbonyl (C=O) groups is 2. The predicted octanol–water partition coefficient (Wildman–Crippen LogP) is 5.91. The summed E-state index contributed by atoms with van der Waals surface area (Å²) in [5.41, 5.74) is 1.63. The van der Waals surface area contributed by atoms with E-state index in [1.165, 1.54) is 39.2 Å². The number of methoxy groups -OCH3 is 1. The van der Waals surface area contributed by atoms with Gasteiger partial charge in [0, 0.05) is 5.70 Å². The van der Waals surface area contributed by atoms with Gasteiger partial charge < -0.3 is 20.1 Å². The van der Waals surface area contributed by atoms with Crippen molar-refractivity contribution in [1.29, 1.82) is 0 Å². The van der Waals surface area contributed by atoms with Crippen LogP contribution < -0.4 is 15.4 Å². The summed E-state index contributed by atoms with van der Waals surface area (Å²) in [5, 5.41) is 5.98. The Balaban J connectivity index is 2.06. The number of esters is 1. The highest BCUT2D eigenvalue weighted by molar-refractivity contribution is 6.32. The molecule has 0 aliphatic carbocycles. The first-order valence-corrected chi connectivity index (χ1v) is 11.6. The Morgan fingerprint density at radius 1 is 1.13 bits per heavy atom. The van der Waals surface area contributed by atoms with E-state index >= 15 is 0 Å². The number of nitrogens with one attached hydrogen (secondary N) is 2. The van der Waals surface area contributed by atoms with Crippen molar-refractivity contribution in [3.05, 3.63) is 40.1 Å². The Hall–Kier alpha value is -2.21. The van der Waals surface area contributed by atoms with Crippen molar-refractivity contribution < 1.29 is 19.1 Å². The van der Waals surface area contributed by atoms with E-state index in [1.54, 1.807) is 12.1 Å². The molecule has 172 valence electrons. The highest BCUT2D eigenvalue weighted by Crippen LogP contribution is 2.34.